The minimum Gasteiger partial charge on any atom is -0.381 e. The molecule has 1 saturated heterocycles. The lowest BCUT2D eigenvalue weighted by Gasteiger charge is -2.39. The van der Waals surface area contributed by atoms with Crippen LogP contribution in [0.2, 0.25) is 0 Å². The predicted octanol–water partition coefficient (Wildman–Crippen LogP) is 2.14. The molecular formula is C13H18IN3O3. The average Bonchev–Trinajstić information content (AvgIpc) is 2.46. The Morgan fingerprint density at radius 1 is 1.60 bits per heavy atom. The van der Waals surface area contributed by atoms with Gasteiger partial charge in [-0.05, 0) is 47.6 Å². The van der Waals surface area contributed by atoms with Crippen LogP contribution in [0.25, 0.3) is 0 Å². The highest BCUT2D eigenvalue weighted by atomic mass is 127. The first-order valence-corrected chi connectivity index (χ1v) is 7.58. The third-order valence-electron chi connectivity index (χ3n) is 3.72. The molecule has 0 spiro atoms. The van der Waals surface area contributed by atoms with Crippen LogP contribution in [0.3, 0.4) is 0 Å². The number of hydrogen-bond donors (Lipinski definition) is 1. The fourth-order valence-electron chi connectivity index (χ4n) is 2.65. The van der Waals surface area contributed by atoms with Gasteiger partial charge >= 0.3 is 0 Å². The lowest BCUT2D eigenvalue weighted by molar-refractivity contribution is -0.384. The monoisotopic (exact) mass is 391 g/mol. The summed E-state index contributed by atoms with van der Waals surface area (Å²) in [7, 11) is 1.70. The highest BCUT2D eigenvalue weighted by Gasteiger charge is 2.31. The van der Waals surface area contributed by atoms with Gasteiger partial charge in [0.15, 0.2) is 0 Å². The highest BCUT2D eigenvalue weighted by molar-refractivity contribution is 14.1. The van der Waals surface area contributed by atoms with Crippen molar-refractivity contribution < 1.29 is 9.66 Å². The van der Waals surface area contributed by atoms with Crippen molar-refractivity contribution >= 4 is 34.0 Å². The molecule has 2 unspecified atom stereocenters. The summed E-state index contributed by atoms with van der Waals surface area (Å²) < 4.78 is 6.24. The smallest absolute Gasteiger partial charge is 0.293 e. The number of nitro groups is 1. The minimum absolute atomic E-state index is 0.0764. The maximum absolute atomic E-state index is 11.3. The number of ether oxygens (including phenoxy) is 1. The number of methoxy groups -OCH3 is 1. The number of nitro benzene ring substituents is 1. The van der Waals surface area contributed by atoms with Crippen molar-refractivity contribution in [2.45, 2.75) is 25.0 Å². The van der Waals surface area contributed by atoms with E-state index >= 15 is 0 Å². The molecule has 1 aromatic rings. The maximum Gasteiger partial charge on any atom is 0.293 e. The van der Waals surface area contributed by atoms with Crippen LogP contribution in [0.15, 0.2) is 18.2 Å². The quantitative estimate of drug-likeness (QED) is 0.483. The van der Waals surface area contributed by atoms with E-state index in [4.69, 9.17) is 10.5 Å². The van der Waals surface area contributed by atoms with Crippen molar-refractivity contribution in [1.29, 1.82) is 0 Å². The zero-order valence-corrected chi connectivity index (χ0v) is 13.4. The largest absolute Gasteiger partial charge is 0.381 e. The second-order valence-electron chi connectivity index (χ2n) is 4.86. The predicted molar refractivity (Wildman–Crippen MR) is 86.0 cm³/mol. The molecule has 6 nitrogen and oxygen atoms in total. The Labute approximate surface area is 131 Å². The Hall–Kier alpha value is -0.930. The van der Waals surface area contributed by atoms with Crippen LogP contribution in [0.1, 0.15) is 12.8 Å². The molecule has 0 saturated carbocycles. The van der Waals surface area contributed by atoms with Gasteiger partial charge in [-0.25, -0.2) is 0 Å². The zero-order valence-electron chi connectivity index (χ0n) is 11.3. The van der Waals surface area contributed by atoms with Crippen molar-refractivity contribution in [2.75, 3.05) is 25.1 Å². The Bertz CT molecular complexity index is 498. The molecule has 7 heteroatoms. The van der Waals surface area contributed by atoms with Crippen molar-refractivity contribution in [3.8, 4) is 0 Å². The molecule has 2 atom stereocenters. The maximum atomic E-state index is 11.3. The first-order valence-electron chi connectivity index (χ1n) is 6.50. The molecule has 2 rings (SSSR count). The van der Waals surface area contributed by atoms with Gasteiger partial charge in [0.1, 0.15) is 5.69 Å². The number of halogens is 1. The molecule has 1 aliphatic heterocycles. The Morgan fingerprint density at radius 3 is 2.95 bits per heavy atom. The molecule has 20 heavy (non-hydrogen) atoms. The van der Waals surface area contributed by atoms with Gasteiger partial charge in [-0.2, -0.15) is 0 Å². The van der Waals surface area contributed by atoms with Gasteiger partial charge in [0.05, 0.1) is 11.0 Å². The molecule has 0 radical (unpaired) electrons. The number of nitrogens with zero attached hydrogens (tertiary/aromatic N) is 2. The van der Waals surface area contributed by atoms with Crippen LogP contribution >= 0.6 is 22.6 Å². The van der Waals surface area contributed by atoms with Crippen LogP contribution in [-0.4, -0.2) is 37.3 Å². The SMILES string of the molecule is COC1CCN(c2ccc(I)cc2[N+](=O)[O-])C(CN)C1. The molecule has 110 valence electrons. The first-order chi connectivity index (χ1) is 9.56. The van der Waals surface area contributed by atoms with Crippen LogP contribution in [0, 0.1) is 13.7 Å². The fourth-order valence-corrected chi connectivity index (χ4v) is 3.13. The molecule has 0 amide bonds. The molecular weight excluding hydrogens is 373 g/mol. The summed E-state index contributed by atoms with van der Waals surface area (Å²) in [4.78, 5) is 13.0. The van der Waals surface area contributed by atoms with E-state index in [0.29, 0.717) is 12.2 Å². The van der Waals surface area contributed by atoms with Gasteiger partial charge in [-0.1, -0.05) is 0 Å². The Kier molecular flexibility index (Phi) is 5.17. The minimum atomic E-state index is -0.326. The zero-order chi connectivity index (χ0) is 14.7. The molecule has 0 bridgehead atoms. The summed E-state index contributed by atoms with van der Waals surface area (Å²) in [5.74, 6) is 0. The summed E-state index contributed by atoms with van der Waals surface area (Å²) >= 11 is 2.08. The number of rotatable bonds is 4. The summed E-state index contributed by atoms with van der Waals surface area (Å²) in [5.41, 5.74) is 6.63. The number of nitrogens with two attached hydrogens (primary N) is 1. The topological polar surface area (TPSA) is 81.6 Å². The van der Waals surface area contributed by atoms with E-state index in [1.54, 1.807) is 13.2 Å². The van der Waals surface area contributed by atoms with E-state index in [1.165, 1.54) is 0 Å². The lowest BCUT2D eigenvalue weighted by Crippen LogP contribution is -2.48. The number of benzene rings is 1. The summed E-state index contributed by atoms with van der Waals surface area (Å²) in [6.07, 6.45) is 1.84. The van der Waals surface area contributed by atoms with Gasteiger partial charge in [0.2, 0.25) is 0 Å². The second-order valence-corrected chi connectivity index (χ2v) is 6.10. The van der Waals surface area contributed by atoms with Crippen molar-refractivity contribution in [2.24, 2.45) is 5.73 Å². The molecule has 1 aromatic carbocycles. The second kappa shape index (κ2) is 6.68. The summed E-state index contributed by atoms with van der Waals surface area (Å²) in [5, 5.41) is 11.3. The third kappa shape index (κ3) is 3.21. The van der Waals surface area contributed by atoms with Gasteiger partial charge < -0.3 is 15.4 Å². The van der Waals surface area contributed by atoms with Gasteiger partial charge in [0, 0.05) is 35.9 Å². The molecule has 1 aliphatic rings. The molecule has 1 heterocycles. The van der Waals surface area contributed by atoms with E-state index in [2.05, 4.69) is 22.6 Å². The van der Waals surface area contributed by atoms with E-state index in [0.717, 1.165) is 23.0 Å². The van der Waals surface area contributed by atoms with E-state index < -0.39 is 0 Å². The molecule has 2 N–H and O–H groups in total. The normalized spacial score (nSPS) is 22.9. The van der Waals surface area contributed by atoms with Crippen LogP contribution in [0.4, 0.5) is 11.4 Å². The van der Waals surface area contributed by atoms with Gasteiger partial charge in [0.25, 0.3) is 5.69 Å². The number of piperidine rings is 1. The number of hydrogen-bond acceptors (Lipinski definition) is 5. The Morgan fingerprint density at radius 2 is 2.35 bits per heavy atom. The highest BCUT2D eigenvalue weighted by Crippen LogP contribution is 2.34. The molecule has 0 aliphatic carbocycles. The van der Waals surface area contributed by atoms with Crippen molar-refractivity contribution in [1.82, 2.24) is 0 Å². The third-order valence-corrected chi connectivity index (χ3v) is 4.39. The molecule has 1 fully saturated rings. The first kappa shape index (κ1) is 15.5. The van der Waals surface area contributed by atoms with E-state index in [9.17, 15) is 10.1 Å². The standard InChI is InChI=1S/C13H18IN3O3/c1-20-11-4-5-16(10(7-11)8-15)12-3-2-9(14)6-13(12)17(18)19/h2-3,6,10-11H,4-5,7-8,15H2,1H3. The van der Waals surface area contributed by atoms with Crippen LogP contribution < -0.4 is 10.6 Å². The van der Waals surface area contributed by atoms with Crippen LogP contribution in [-0.2, 0) is 4.74 Å². The van der Waals surface area contributed by atoms with Crippen molar-refractivity contribution in [3.05, 3.63) is 31.9 Å². The fraction of sp³-hybridized carbons (Fsp3) is 0.538. The molecule has 0 aromatic heterocycles. The lowest BCUT2D eigenvalue weighted by atomic mass is 9.98. The Balaban J connectivity index is 2.33. The van der Waals surface area contributed by atoms with E-state index in [1.807, 2.05) is 17.0 Å². The number of anilines is 1. The summed E-state index contributed by atoms with van der Waals surface area (Å²) in [6.45, 7) is 1.19. The van der Waals surface area contributed by atoms with Gasteiger partial charge in [-0.15, -0.1) is 0 Å². The van der Waals surface area contributed by atoms with Gasteiger partial charge in [-0.3, -0.25) is 10.1 Å². The van der Waals surface area contributed by atoms with Crippen LogP contribution in [0.5, 0.6) is 0 Å². The summed E-state index contributed by atoms with van der Waals surface area (Å²) in [6, 6.07) is 5.38. The van der Waals surface area contributed by atoms with Crippen molar-refractivity contribution in [3.63, 3.8) is 0 Å². The average molecular weight is 391 g/mol. The van der Waals surface area contributed by atoms with E-state index in [-0.39, 0.29) is 22.8 Å².